The molecule has 3 rings (SSSR count). The summed E-state index contributed by atoms with van der Waals surface area (Å²) >= 11 is 5.94. The number of nitrogens with zero attached hydrogens (tertiary/aromatic N) is 3. The summed E-state index contributed by atoms with van der Waals surface area (Å²) in [6, 6.07) is 11.8. The van der Waals surface area contributed by atoms with E-state index >= 15 is 0 Å². The average Bonchev–Trinajstić information content (AvgIpc) is 2.72. The van der Waals surface area contributed by atoms with Gasteiger partial charge in [0.1, 0.15) is 5.82 Å². The molecule has 1 aliphatic heterocycles. The Morgan fingerprint density at radius 3 is 2.70 bits per heavy atom. The van der Waals surface area contributed by atoms with Crippen molar-refractivity contribution < 1.29 is 4.74 Å². The second-order valence-corrected chi connectivity index (χ2v) is 6.70. The van der Waals surface area contributed by atoms with Crippen molar-refractivity contribution in [2.75, 3.05) is 37.7 Å². The van der Waals surface area contributed by atoms with Gasteiger partial charge in [-0.25, -0.2) is 9.98 Å². The van der Waals surface area contributed by atoms with E-state index in [0.717, 1.165) is 60.8 Å². The van der Waals surface area contributed by atoms with Gasteiger partial charge in [0.15, 0.2) is 5.96 Å². The molecule has 0 aliphatic carbocycles. The zero-order valence-corrected chi connectivity index (χ0v) is 16.4. The molecule has 0 saturated carbocycles. The first-order valence-corrected chi connectivity index (χ1v) is 9.67. The second-order valence-electron chi connectivity index (χ2n) is 6.26. The van der Waals surface area contributed by atoms with Crippen molar-refractivity contribution in [3.8, 4) is 0 Å². The number of hydrogen-bond donors (Lipinski definition) is 2. The Kier molecular flexibility index (Phi) is 7.30. The van der Waals surface area contributed by atoms with Crippen LogP contribution in [0.25, 0.3) is 0 Å². The summed E-state index contributed by atoms with van der Waals surface area (Å²) in [6.07, 6.45) is 1.84. The largest absolute Gasteiger partial charge is 0.378 e. The fraction of sp³-hybridized carbons (Fsp3) is 0.400. The first-order chi connectivity index (χ1) is 13.3. The zero-order chi connectivity index (χ0) is 18.9. The Morgan fingerprint density at radius 2 is 1.96 bits per heavy atom. The fourth-order valence-corrected chi connectivity index (χ4v) is 3.03. The normalized spacial score (nSPS) is 14.9. The van der Waals surface area contributed by atoms with Gasteiger partial charge in [-0.1, -0.05) is 29.8 Å². The Balaban J connectivity index is 1.65. The molecule has 1 aromatic heterocycles. The maximum absolute atomic E-state index is 5.94. The Hall–Kier alpha value is -2.31. The molecule has 7 heteroatoms. The topological polar surface area (TPSA) is 61.8 Å². The van der Waals surface area contributed by atoms with Gasteiger partial charge in [0, 0.05) is 43.0 Å². The van der Waals surface area contributed by atoms with Gasteiger partial charge in [0.05, 0.1) is 19.8 Å². The number of ether oxygens (including phenoxy) is 1. The Morgan fingerprint density at radius 1 is 1.19 bits per heavy atom. The van der Waals surface area contributed by atoms with Gasteiger partial charge >= 0.3 is 0 Å². The standard InChI is InChI=1S/C20H26ClN5O/c1-2-22-20(24-14-16-5-7-18(21)8-6-16)25-15-17-4-3-9-23-19(17)26-10-12-27-13-11-26/h3-9H,2,10-15H2,1H3,(H2,22,24,25). The highest BCUT2D eigenvalue weighted by Gasteiger charge is 2.15. The monoisotopic (exact) mass is 387 g/mol. The van der Waals surface area contributed by atoms with Crippen LogP contribution in [0, 0.1) is 0 Å². The fourth-order valence-electron chi connectivity index (χ4n) is 2.91. The van der Waals surface area contributed by atoms with Crippen molar-refractivity contribution in [2.24, 2.45) is 4.99 Å². The molecular weight excluding hydrogens is 362 g/mol. The minimum Gasteiger partial charge on any atom is -0.378 e. The van der Waals surface area contributed by atoms with Gasteiger partial charge in [-0.3, -0.25) is 0 Å². The molecule has 2 aromatic rings. The van der Waals surface area contributed by atoms with E-state index in [0.29, 0.717) is 13.1 Å². The van der Waals surface area contributed by atoms with Crippen LogP contribution in [0.5, 0.6) is 0 Å². The molecule has 144 valence electrons. The van der Waals surface area contributed by atoms with E-state index in [2.05, 4.69) is 38.5 Å². The van der Waals surface area contributed by atoms with Crippen LogP contribution in [0.15, 0.2) is 47.6 Å². The lowest BCUT2D eigenvalue weighted by molar-refractivity contribution is 0.122. The van der Waals surface area contributed by atoms with E-state index in [1.165, 1.54) is 0 Å². The molecule has 0 radical (unpaired) electrons. The molecule has 1 aromatic carbocycles. The summed E-state index contributed by atoms with van der Waals surface area (Å²) in [4.78, 5) is 11.5. The van der Waals surface area contributed by atoms with E-state index in [1.54, 1.807) is 0 Å². The van der Waals surface area contributed by atoms with Gasteiger partial charge in [-0.2, -0.15) is 0 Å². The summed E-state index contributed by atoms with van der Waals surface area (Å²) in [5.41, 5.74) is 2.27. The highest BCUT2D eigenvalue weighted by Crippen LogP contribution is 2.18. The summed E-state index contributed by atoms with van der Waals surface area (Å²) in [7, 11) is 0. The number of benzene rings is 1. The van der Waals surface area contributed by atoms with Crippen LogP contribution in [-0.2, 0) is 17.8 Å². The average molecular weight is 388 g/mol. The third-order valence-electron chi connectivity index (χ3n) is 4.30. The third-order valence-corrected chi connectivity index (χ3v) is 4.55. The number of aromatic nitrogens is 1. The highest BCUT2D eigenvalue weighted by molar-refractivity contribution is 6.30. The van der Waals surface area contributed by atoms with E-state index in [9.17, 15) is 0 Å². The molecule has 1 aliphatic rings. The number of aliphatic imine (C=N–C) groups is 1. The first kappa shape index (κ1) is 19.5. The lowest BCUT2D eigenvalue weighted by Gasteiger charge is -2.29. The van der Waals surface area contributed by atoms with Crippen LogP contribution < -0.4 is 15.5 Å². The number of morpholine rings is 1. The van der Waals surface area contributed by atoms with Gasteiger partial charge in [0.25, 0.3) is 0 Å². The second kappa shape index (κ2) is 10.1. The van der Waals surface area contributed by atoms with E-state index in [1.807, 2.05) is 36.5 Å². The molecule has 0 amide bonds. The molecule has 0 atom stereocenters. The third kappa shape index (κ3) is 5.84. The number of hydrogen-bond acceptors (Lipinski definition) is 4. The van der Waals surface area contributed by atoms with Crippen molar-refractivity contribution in [2.45, 2.75) is 20.0 Å². The predicted octanol–water partition coefficient (Wildman–Crippen LogP) is 2.83. The zero-order valence-electron chi connectivity index (χ0n) is 15.6. The van der Waals surface area contributed by atoms with Crippen LogP contribution >= 0.6 is 11.6 Å². The van der Waals surface area contributed by atoms with Crippen molar-refractivity contribution in [3.63, 3.8) is 0 Å². The molecular formula is C20H26ClN5O. The van der Waals surface area contributed by atoms with Crippen LogP contribution in [0.3, 0.4) is 0 Å². The SMILES string of the molecule is CCNC(=NCc1ccc(Cl)cc1)NCc1cccnc1N1CCOCC1. The quantitative estimate of drug-likeness (QED) is 0.589. The number of pyridine rings is 1. The Labute approximate surface area is 165 Å². The van der Waals surface area contributed by atoms with E-state index in [4.69, 9.17) is 16.3 Å². The first-order valence-electron chi connectivity index (χ1n) is 9.29. The molecule has 1 fully saturated rings. The molecule has 1 saturated heterocycles. The Bertz CT molecular complexity index is 744. The number of nitrogens with one attached hydrogen (secondary N) is 2. The molecule has 27 heavy (non-hydrogen) atoms. The lowest BCUT2D eigenvalue weighted by Crippen LogP contribution is -2.39. The number of rotatable bonds is 6. The van der Waals surface area contributed by atoms with Gasteiger partial charge in [-0.05, 0) is 30.7 Å². The number of anilines is 1. The van der Waals surface area contributed by atoms with Gasteiger partial charge < -0.3 is 20.3 Å². The number of guanidine groups is 1. The van der Waals surface area contributed by atoms with Gasteiger partial charge in [-0.15, -0.1) is 0 Å². The minimum atomic E-state index is 0.593. The predicted molar refractivity (Wildman–Crippen MR) is 110 cm³/mol. The van der Waals surface area contributed by atoms with Crippen LogP contribution in [0.1, 0.15) is 18.1 Å². The summed E-state index contributed by atoms with van der Waals surface area (Å²) in [5.74, 6) is 1.80. The summed E-state index contributed by atoms with van der Waals surface area (Å²) in [6.45, 7) is 7.34. The lowest BCUT2D eigenvalue weighted by atomic mass is 10.2. The molecule has 0 unspecified atom stereocenters. The summed E-state index contributed by atoms with van der Waals surface area (Å²) in [5, 5.41) is 7.44. The highest BCUT2D eigenvalue weighted by atomic mass is 35.5. The minimum absolute atomic E-state index is 0.593. The molecule has 6 nitrogen and oxygen atoms in total. The molecule has 0 bridgehead atoms. The van der Waals surface area contributed by atoms with Crippen molar-refractivity contribution in [3.05, 3.63) is 58.7 Å². The maximum Gasteiger partial charge on any atom is 0.191 e. The van der Waals surface area contributed by atoms with Crippen molar-refractivity contribution >= 4 is 23.4 Å². The molecule has 2 heterocycles. The van der Waals surface area contributed by atoms with Crippen molar-refractivity contribution in [1.29, 1.82) is 0 Å². The summed E-state index contributed by atoms with van der Waals surface area (Å²) < 4.78 is 5.45. The van der Waals surface area contributed by atoms with E-state index < -0.39 is 0 Å². The van der Waals surface area contributed by atoms with Crippen LogP contribution in [-0.4, -0.2) is 43.8 Å². The molecule has 2 N–H and O–H groups in total. The van der Waals surface area contributed by atoms with Crippen molar-refractivity contribution in [1.82, 2.24) is 15.6 Å². The smallest absolute Gasteiger partial charge is 0.191 e. The van der Waals surface area contributed by atoms with Gasteiger partial charge in [0.2, 0.25) is 0 Å². The molecule has 0 spiro atoms. The van der Waals surface area contributed by atoms with Crippen LogP contribution in [0.2, 0.25) is 5.02 Å². The van der Waals surface area contributed by atoms with E-state index in [-0.39, 0.29) is 0 Å². The number of halogens is 1. The van der Waals surface area contributed by atoms with Crippen LogP contribution in [0.4, 0.5) is 5.82 Å². The maximum atomic E-state index is 5.94.